The minimum absolute atomic E-state index is 0.364. The van der Waals surface area contributed by atoms with Crippen LogP contribution >= 0.6 is 11.6 Å². The van der Waals surface area contributed by atoms with Crippen LogP contribution in [0.4, 0.5) is 14.5 Å². The van der Waals surface area contributed by atoms with E-state index in [1.165, 1.54) is 6.07 Å². The molecule has 3 N–H and O–H groups in total. The van der Waals surface area contributed by atoms with Gasteiger partial charge in [-0.3, -0.25) is 4.90 Å². The van der Waals surface area contributed by atoms with E-state index in [9.17, 15) is 8.78 Å². The van der Waals surface area contributed by atoms with Gasteiger partial charge in [0.15, 0.2) is 0 Å². The van der Waals surface area contributed by atoms with Gasteiger partial charge in [0.2, 0.25) is 0 Å². The van der Waals surface area contributed by atoms with Gasteiger partial charge >= 0.3 is 0 Å². The predicted molar refractivity (Wildman–Crippen MR) is 69.1 cm³/mol. The van der Waals surface area contributed by atoms with Crippen LogP contribution in [0, 0.1) is 0 Å². The first-order chi connectivity index (χ1) is 8.59. The third kappa shape index (κ3) is 2.91. The molecule has 1 aliphatic rings. The van der Waals surface area contributed by atoms with Crippen molar-refractivity contribution in [3.05, 3.63) is 28.8 Å². The van der Waals surface area contributed by atoms with E-state index in [2.05, 4.69) is 5.32 Å². The molecule has 18 heavy (non-hydrogen) atoms. The third-order valence-electron chi connectivity index (χ3n) is 3.15. The summed E-state index contributed by atoms with van der Waals surface area (Å²) in [5.74, 6) is 0. The van der Waals surface area contributed by atoms with E-state index in [-0.39, 0.29) is 0 Å². The van der Waals surface area contributed by atoms with Gasteiger partial charge in [-0.1, -0.05) is 11.6 Å². The van der Waals surface area contributed by atoms with Crippen LogP contribution in [0.1, 0.15) is 11.6 Å². The lowest BCUT2D eigenvalue weighted by Gasteiger charge is -2.35. The first-order valence-corrected chi connectivity index (χ1v) is 6.25. The van der Waals surface area contributed by atoms with Crippen molar-refractivity contribution < 1.29 is 8.78 Å². The second-order valence-corrected chi connectivity index (χ2v) is 4.77. The quantitative estimate of drug-likeness (QED) is 0.831. The topological polar surface area (TPSA) is 41.3 Å². The Labute approximate surface area is 110 Å². The molecule has 3 nitrogen and oxygen atoms in total. The number of nitrogens with two attached hydrogens (primary N) is 1. The fourth-order valence-corrected chi connectivity index (χ4v) is 2.43. The van der Waals surface area contributed by atoms with E-state index in [0.717, 1.165) is 0 Å². The van der Waals surface area contributed by atoms with Crippen LogP contribution < -0.4 is 11.1 Å². The van der Waals surface area contributed by atoms with E-state index < -0.39 is 12.5 Å². The summed E-state index contributed by atoms with van der Waals surface area (Å²) < 4.78 is 26.6. The molecule has 2 rings (SSSR count). The Morgan fingerprint density at radius 1 is 1.28 bits per heavy atom. The Bertz CT molecular complexity index is 408. The molecule has 0 saturated carbocycles. The fourth-order valence-electron chi connectivity index (χ4n) is 2.25. The maximum Gasteiger partial charge on any atom is 0.258 e. The molecule has 0 spiro atoms. The van der Waals surface area contributed by atoms with Gasteiger partial charge in [0.1, 0.15) is 0 Å². The molecule has 1 aromatic carbocycles. The largest absolute Gasteiger partial charge is 0.398 e. The smallest absolute Gasteiger partial charge is 0.258 e. The van der Waals surface area contributed by atoms with Gasteiger partial charge in [0, 0.05) is 36.9 Å². The number of nitrogens with zero attached hydrogens (tertiary/aromatic N) is 1. The fraction of sp³-hybridized carbons (Fsp3) is 0.500. The van der Waals surface area contributed by atoms with E-state index >= 15 is 0 Å². The van der Waals surface area contributed by atoms with E-state index in [1.807, 2.05) is 0 Å². The van der Waals surface area contributed by atoms with Crippen molar-refractivity contribution in [1.82, 2.24) is 10.2 Å². The second-order valence-electron chi connectivity index (χ2n) is 4.34. The maximum absolute atomic E-state index is 13.3. The van der Waals surface area contributed by atoms with Gasteiger partial charge in [-0.2, -0.15) is 0 Å². The number of halogens is 3. The number of hydrogen-bond acceptors (Lipinski definition) is 3. The number of alkyl halides is 2. The Morgan fingerprint density at radius 3 is 2.56 bits per heavy atom. The van der Waals surface area contributed by atoms with Gasteiger partial charge in [0.05, 0.1) is 6.04 Å². The summed E-state index contributed by atoms with van der Waals surface area (Å²) in [7, 11) is 0. The highest BCUT2D eigenvalue weighted by Gasteiger charge is 2.31. The van der Waals surface area contributed by atoms with Crippen molar-refractivity contribution in [3.8, 4) is 0 Å². The number of hydrogen-bond donors (Lipinski definition) is 2. The normalized spacial score (nSPS) is 19.1. The molecule has 1 saturated heterocycles. The van der Waals surface area contributed by atoms with Crippen molar-refractivity contribution in [1.29, 1.82) is 0 Å². The zero-order valence-electron chi connectivity index (χ0n) is 9.87. The third-order valence-corrected chi connectivity index (χ3v) is 3.39. The number of piperazine rings is 1. The summed E-state index contributed by atoms with van der Waals surface area (Å²) in [5, 5.41) is 3.57. The standard InChI is InChI=1S/C12H16ClF2N3/c13-8-1-2-10(16)9(7-8)11(12(14)15)18-5-3-17-4-6-18/h1-2,7,11-12,17H,3-6,16H2/t11-/m0/s1. The van der Waals surface area contributed by atoms with Crippen LogP contribution in [0.3, 0.4) is 0 Å². The molecule has 0 radical (unpaired) electrons. The highest BCUT2D eigenvalue weighted by molar-refractivity contribution is 6.30. The van der Waals surface area contributed by atoms with Gasteiger partial charge in [-0.25, -0.2) is 8.78 Å². The first kappa shape index (κ1) is 13.5. The monoisotopic (exact) mass is 275 g/mol. The summed E-state index contributed by atoms with van der Waals surface area (Å²) in [5.41, 5.74) is 6.58. The molecule has 0 unspecified atom stereocenters. The molecular formula is C12H16ClF2N3. The number of rotatable bonds is 3. The number of nitrogen functional groups attached to an aromatic ring is 1. The van der Waals surface area contributed by atoms with Gasteiger partial charge in [-0.05, 0) is 23.8 Å². The summed E-state index contributed by atoms with van der Waals surface area (Å²) >= 11 is 5.87. The molecule has 0 aromatic heterocycles. The number of benzene rings is 1. The average molecular weight is 276 g/mol. The molecule has 1 heterocycles. The highest BCUT2D eigenvalue weighted by Crippen LogP contribution is 2.33. The summed E-state index contributed by atoms with van der Waals surface area (Å²) in [4.78, 5) is 1.75. The van der Waals surface area contributed by atoms with Crippen LogP contribution in [0.5, 0.6) is 0 Å². The van der Waals surface area contributed by atoms with Crippen molar-refractivity contribution in [2.75, 3.05) is 31.9 Å². The lowest BCUT2D eigenvalue weighted by molar-refractivity contribution is 0.0185. The van der Waals surface area contributed by atoms with E-state index in [4.69, 9.17) is 17.3 Å². The van der Waals surface area contributed by atoms with Crippen LogP contribution in [-0.2, 0) is 0 Å². The molecule has 0 bridgehead atoms. The maximum atomic E-state index is 13.3. The second kappa shape index (κ2) is 5.82. The van der Waals surface area contributed by atoms with Crippen molar-refractivity contribution in [2.24, 2.45) is 0 Å². The van der Waals surface area contributed by atoms with Crippen LogP contribution in [0.2, 0.25) is 5.02 Å². The molecule has 6 heteroatoms. The lowest BCUT2D eigenvalue weighted by atomic mass is 10.0. The number of anilines is 1. The molecule has 0 aliphatic carbocycles. The molecule has 100 valence electrons. The van der Waals surface area contributed by atoms with Crippen LogP contribution in [-0.4, -0.2) is 37.5 Å². The van der Waals surface area contributed by atoms with Gasteiger partial charge in [0.25, 0.3) is 6.43 Å². The van der Waals surface area contributed by atoms with Crippen molar-refractivity contribution >= 4 is 17.3 Å². The minimum atomic E-state index is -2.48. The zero-order valence-corrected chi connectivity index (χ0v) is 10.6. The zero-order chi connectivity index (χ0) is 13.1. The predicted octanol–water partition coefficient (Wildman–Crippen LogP) is 2.13. The molecule has 1 fully saturated rings. The first-order valence-electron chi connectivity index (χ1n) is 5.87. The molecule has 1 aromatic rings. The average Bonchev–Trinajstić information content (AvgIpc) is 2.35. The molecule has 0 amide bonds. The van der Waals surface area contributed by atoms with Crippen molar-refractivity contribution in [3.63, 3.8) is 0 Å². The Balaban J connectivity index is 2.31. The Kier molecular flexibility index (Phi) is 4.37. The summed E-state index contributed by atoms with van der Waals surface area (Å²) in [6.45, 7) is 2.59. The summed E-state index contributed by atoms with van der Waals surface area (Å²) in [6.07, 6.45) is -2.48. The lowest BCUT2D eigenvalue weighted by Crippen LogP contribution is -2.47. The minimum Gasteiger partial charge on any atom is -0.398 e. The Morgan fingerprint density at radius 2 is 1.94 bits per heavy atom. The van der Waals surface area contributed by atoms with Gasteiger partial charge < -0.3 is 11.1 Å². The number of nitrogens with one attached hydrogen (secondary N) is 1. The Hall–Kier alpha value is -0.910. The SMILES string of the molecule is Nc1ccc(Cl)cc1[C@@H](C(F)F)N1CCNCC1. The van der Waals surface area contributed by atoms with Crippen molar-refractivity contribution in [2.45, 2.75) is 12.5 Å². The molecular weight excluding hydrogens is 260 g/mol. The van der Waals surface area contributed by atoms with E-state index in [0.29, 0.717) is 42.5 Å². The molecule has 1 aliphatic heterocycles. The van der Waals surface area contributed by atoms with E-state index in [1.54, 1.807) is 17.0 Å². The molecule has 1 atom stereocenters. The summed E-state index contributed by atoms with van der Waals surface area (Å²) in [6, 6.07) is 3.75. The van der Waals surface area contributed by atoms with Crippen LogP contribution in [0.15, 0.2) is 18.2 Å². The highest BCUT2D eigenvalue weighted by atomic mass is 35.5. The van der Waals surface area contributed by atoms with Crippen LogP contribution in [0.25, 0.3) is 0 Å². The van der Waals surface area contributed by atoms with Gasteiger partial charge in [-0.15, -0.1) is 0 Å².